The van der Waals surface area contributed by atoms with E-state index in [4.69, 9.17) is 4.74 Å². The molecule has 0 unspecified atom stereocenters. The third kappa shape index (κ3) is 1.77. The molecule has 1 saturated carbocycles. The van der Waals surface area contributed by atoms with Crippen molar-refractivity contribution in [3.05, 3.63) is 29.8 Å². The number of anilines is 1. The number of piperidine rings is 1. The highest BCUT2D eigenvalue weighted by Crippen LogP contribution is 2.61. The molecule has 2 saturated heterocycles. The molecule has 2 bridgehead atoms. The molecule has 5 nitrogen and oxygen atoms in total. The van der Waals surface area contributed by atoms with Crippen LogP contribution in [0.2, 0.25) is 0 Å². The Morgan fingerprint density at radius 3 is 2.88 bits per heavy atom. The zero-order chi connectivity index (χ0) is 17.3. The maximum absolute atomic E-state index is 12.8. The second kappa shape index (κ2) is 5.07. The first-order valence-electron chi connectivity index (χ1n) is 9.26. The highest BCUT2D eigenvalue weighted by Gasteiger charge is 2.68. The first-order chi connectivity index (χ1) is 12.1. The molecule has 6 atom stereocenters. The van der Waals surface area contributed by atoms with E-state index < -0.39 is 0 Å². The number of rotatable bonds is 2. The Kier molecular flexibility index (Phi) is 3.12. The van der Waals surface area contributed by atoms with Crippen molar-refractivity contribution in [1.82, 2.24) is 4.90 Å². The molecule has 4 aliphatic rings. The zero-order valence-electron chi connectivity index (χ0n) is 14.7. The molecule has 1 aromatic rings. The number of fused-ring (bicyclic) bond motifs is 2. The number of para-hydroxylation sites is 1. The summed E-state index contributed by atoms with van der Waals surface area (Å²) in [6.07, 6.45) is 1.95. The third-order valence-electron chi connectivity index (χ3n) is 7.40. The molecule has 1 N–H and O–H groups in total. The minimum Gasteiger partial charge on any atom is -0.469 e. The monoisotopic (exact) mass is 340 g/mol. The number of benzene rings is 1. The van der Waals surface area contributed by atoms with Crippen LogP contribution in [0.1, 0.15) is 25.3 Å². The minimum atomic E-state index is -0.261. The predicted molar refractivity (Wildman–Crippen MR) is 93.3 cm³/mol. The van der Waals surface area contributed by atoms with E-state index in [0.29, 0.717) is 6.04 Å². The second-order valence-corrected chi connectivity index (χ2v) is 8.13. The maximum atomic E-state index is 12.8. The van der Waals surface area contributed by atoms with Crippen LogP contribution in [-0.2, 0) is 19.7 Å². The van der Waals surface area contributed by atoms with Gasteiger partial charge in [-0.25, -0.2) is 0 Å². The van der Waals surface area contributed by atoms with E-state index >= 15 is 0 Å². The maximum Gasteiger partial charge on any atom is 0.311 e. The van der Waals surface area contributed by atoms with Crippen LogP contribution in [0.15, 0.2) is 24.3 Å². The Morgan fingerprint density at radius 2 is 2.12 bits per heavy atom. The molecular weight excluding hydrogens is 316 g/mol. The first-order valence-corrected chi connectivity index (χ1v) is 9.26. The second-order valence-electron chi connectivity index (χ2n) is 8.13. The molecular formula is C20H24N2O3. The smallest absolute Gasteiger partial charge is 0.311 e. The van der Waals surface area contributed by atoms with Crippen molar-refractivity contribution in [3.8, 4) is 0 Å². The van der Waals surface area contributed by atoms with Crippen LogP contribution in [0.5, 0.6) is 0 Å². The van der Waals surface area contributed by atoms with Crippen LogP contribution in [0.4, 0.5) is 5.69 Å². The van der Waals surface area contributed by atoms with Crippen molar-refractivity contribution in [2.24, 2.45) is 17.8 Å². The number of nitrogens with zero attached hydrogens (tertiary/aromatic N) is 1. The van der Waals surface area contributed by atoms with Gasteiger partial charge in [-0.1, -0.05) is 18.2 Å². The summed E-state index contributed by atoms with van der Waals surface area (Å²) in [6, 6.07) is 8.91. The Labute approximate surface area is 147 Å². The minimum absolute atomic E-state index is 0.0215. The lowest BCUT2D eigenvalue weighted by atomic mass is 9.54. The van der Waals surface area contributed by atoms with Gasteiger partial charge in [0.25, 0.3) is 0 Å². The lowest BCUT2D eigenvalue weighted by Crippen LogP contribution is -2.65. The van der Waals surface area contributed by atoms with E-state index in [9.17, 15) is 9.59 Å². The van der Waals surface area contributed by atoms with E-state index in [1.54, 1.807) is 6.92 Å². The van der Waals surface area contributed by atoms with E-state index in [0.717, 1.165) is 31.6 Å². The highest BCUT2D eigenvalue weighted by molar-refractivity contribution is 5.83. The van der Waals surface area contributed by atoms with Crippen LogP contribution in [0, 0.1) is 17.8 Å². The molecule has 0 aromatic heterocycles. The summed E-state index contributed by atoms with van der Waals surface area (Å²) in [6.45, 7) is 3.46. The number of ketones is 1. The molecule has 3 heterocycles. The van der Waals surface area contributed by atoms with Crippen LogP contribution in [-0.4, -0.2) is 48.9 Å². The summed E-state index contributed by atoms with van der Waals surface area (Å²) in [4.78, 5) is 27.7. The average Bonchev–Trinajstić information content (AvgIpc) is 3.17. The van der Waals surface area contributed by atoms with Gasteiger partial charge in [-0.05, 0) is 43.9 Å². The van der Waals surface area contributed by atoms with Gasteiger partial charge in [-0.2, -0.15) is 0 Å². The molecule has 1 aliphatic carbocycles. The number of hydrogen-bond donors (Lipinski definition) is 1. The van der Waals surface area contributed by atoms with Crippen molar-refractivity contribution < 1.29 is 14.3 Å². The molecule has 0 radical (unpaired) electrons. The number of esters is 1. The van der Waals surface area contributed by atoms with Gasteiger partial charge in [0.1, 0.15) is 5.78 Å². The van der Waals surface area contributed by atoms with Gasteiger partial charge in [0.05, 0.1) is 19.1 Å². The van der Waals surface area contributed by atoms with Gasteiger partial charge in [-0.3, -0.25) is 14.5 Å². The fourth-order valence-corrected chi connectivity index (χ4v) is 6.45. The molecule has 0 amide bonds. The topological polar surface area (TPSA) is 58.6 Å². The average molecular weight is 340 g/mol. The van der Waals surface area contributed by atoms with Crippen molar-refractivity contribution in [2.75, 3.05) is 25.5 Å². The molecule has 3 fully saturated rings. The van der Waals surface area contributed by atoms with E-state index in [2.05, 4.69) is 28.4 Å². The van der Waals surface area contributed by atoms with Crippen molar-refractivity contribution in [1.29, 1.82) is 0 Å². The number of nitrogens with one attached hydrogen (secondary N) is 1. The van der Waals surface area contributed by atoms with E-state index in [1.165, 1.54) is 12.7 Å². The Hall–Kier alpha value is -1.88. The van der Waals surface area contributed by atoms with Crippen molar-refractivity contribution in [2.45, 2.75) is 37.3 Å². The van der Waals surface area contributed by atoms with Gasteiger partial charge in [0.15, 0.2) is 0 Å². The number of ether oxygens (including phenoxy) is 1. The van der Waals surface area contributed by atoms with Gasteiger partial charge >= 0.3 is 5.97 Å². The normalized spacial score (nSPS) is 40.8. The summed E-state index contributed by atoms with van der Waals surface area (Å²) < 4.78 is 5.22. The van der Waals surface area contributed by atoms with E-state index in [-0.39, 0.29) is 41.0 Å². The fourth-order valence-electron chi connectivity index (χ4n) is 6.45. The largest absolute Gasteiger partial charge is 0.469 e. The highest BCUT2D eigenvalue weighted by atomic mass is 16.5. The summed E-state index contributed by atoms with van der Waals surface area (Å²) >= 11 is 0. The number of carbonyl (C=O) groups excluding carboxylic acids is 2. The summed E-state index contributed by atoms with van der Waals surface area (Å²) in [5.41, 5.74) is 2.46. The molecule has 5 rings (SSSR count). The number of methoxy groups -OCH3 is 1. The standard InChI is InChI=1S/C20H24N2O3/c1-11(23)13-10-22-8-7-20-14-5-3-4-6-15(14)21-18(20)17(19(24)25-2)12(13)9-16(20)22/h3-6,12-13,16-18,21H,7-10H2,1-2H3/t12-,13-,16-,17-,18-,20+/m0/s1. The van der Waals surface area contributed by atoms with Crippen LogP contribution in [0.3, 0.4) is 0 Å². The number of carbonyl (C=O) groups is 2. The first kappa shape index (κ1) is 15.4. The lowest BCUT2D eigenvalue weighted by Gasteiger charge is -2.55. The summed E-state index contributed by atoms with van der Waals surface area (Å²) in [7, 11) is 1.47. The van der Waals surface area contributed by atoms with Crippen LogP contribution < -0.4 is 5.32 Å². The molecule has 25 heavy (non-hydrogen) atoms. The molecule has 1 spiro atoms. The number of Topliss-reactive ketones (excluding diaryl/α,β-unsaturated/α-hetero) is 1. The van der Waals surface area contributed by atoms with Crippen molar-refractivity contribution >= 4 is 17.4 Å². The lowest BCUT2D eigenvalue weighted by molar-refractivity contribution is -0.156. The quantitative estimate of drug-likeness (QED) is 0.832. The van der Waals surface area contributed by atoms with Gasteiger partial charge < -0.3 is 10.1 Å². The van der Waals surface area contributed by atoms with Crippen LogP contribution >= 0.6 is 0 Å². The van der Waals surface area contributed by atoms with Gasteiger partial charge in [-0.15, -0.1) is 0 Å². The molecule has 132 valence electrons. The third-order valence-corrected chi connectivity index (χ3v) is 7.40. The predicted octanol–water partition coefficient (Wildman–Crippen LogP) is 1.82. The molecule has 5 heteroatoms. The number of hydrogen-bond acceptors (Lipinski definition) is 5. The Balaban J connectivity index is 1.69. The van der Waals surface area contributed by atoms with Gasteiger partial charge in [0, 0.05) is 29.6 Å². The SMILES string of the molecule is COC(=O)[C@H]1[C@H]2C[C@@H]3N(CC[C@@]34c3ccccc3N[C@@H]14)C[C@H]2C(C)=O. The fraction of sp³-hybridized carbons (Fsp3) is 0.600. The summed E-state index contributed by atoms with van der Waals surface area (Å²) in [5.74, 6) is -0.221. The molecule has 3 aliphatic heterocycles. The van der Waals surface area contributed by atoms with Crippen molar-refractivity contribution in [3.63, 3.8) is 0 Å². The Bertz CT molecular complexity index is 763. The zero-order valence-corrected chi connectivity index (χ0v) is 14.7. The van der Waals surface area contributed by atoms with Gasteiger partial charge in [0.2, 0.25) is 0 Å². The van der Waals surface area contributed by atoms with E-state index in [1.807, 2.05) is 6.07 Å². The molecule has 1 aromatic carbocycles. The van der Waals surface area contributed by atoms with Crippen LogP contribution in [0.25, 0.3) is 0 Å². The Morgan fingerprint density at radius 1 is 1.32 bits per heavy atom. The summed E-state index contributed by atoms with van der Waals surface area (Å²) in [5, 5.41) is 3.67.